The lowest BCUT2D eigenvalue weighted by molar-refractivity contribution is -0.141. The summed E-state index contributed by atoms with van der Waals surface area (Å²) in [6, 6.07) is 0.932. The van der Waals surface area contributed by atoms with E-state index in [0.29, 0.717) is 0 Å². The third kappa shape index (κ3) is 3.85. The summed E-state index contributed by atoms with van der Waals surface area (Å²) in [5, 5.41) is 0. The van der Waals surface area contributed by atoms with E-state index in [9.17, 15) is 22.2 Å². The van der Waals surface area contributed by atoms with Gasteiger partial charge in [-0.15, -0.1) is 0 Å². The second-order valence-corrected chi connectivity index (χ2v) is 6.30. The molecular formula is C10H12F3N3O2S. The Morgan fingerprint density at radius 1 is 1.42 bits per heavy atom. The first kappa shape index (κ1) is 15.3. The van der Waals surface area contributed by atoms with Crippen LogP contribution in [0.25, 0.3) is 0 Å². The summed E-state index contributed by atoms with van der Waals surface area (Å²) >= 11 is 0. The average Bonchev–Trinajstić information content (AvgIpc) is 2.25. The van der Waals surface area contributed by atoms with Crippen LogP contribution in [0.3, 0.4) is 0 Å². The van der Waals surface area contributed by atoms with Crippen LogP contribution < -0.4 is 10.5 Å². The molecule has 1 heterocycles. The maximum Gasteiger partial charge on any atom is 0.433 e. The monoisotopic (exact) mass is 295 g/mol. The highest BCUT2D eigenvalue weighted by Gasteiger charge is 2.32. The highest BCUT2D eigenvalue weighted by atomic mass is 32.2. The van der Waals surface area contributed by atoms with Crippen LogP contribution in [0.1, 0.15) is 18.2 Å². The predicted molar refractivity (Wildman–Crippen MR) is 65.8 cm³/mol. The number of hydrogen-bond donors (Lipinski definition) is 2. The number of primary amides is 1. The molecule has 0 aliphatic rings. The predicted octanol–water partition coefficient (Wildman–Crippen LogP) is 1.14. The van der Waals surface area contributed by atoms with Crippen LogP contribution in [0.2, 0.25) is 0 Å². The molecule has 1 unspecified atom stereocenters. The molecule has 0 fully saturated rings. The molecule has 5 nitrogen and oxygen atoms in total. The van der Waals surface area contributed by atoms with E-state index in [1.165, 1.54) is 13.2 Å². The molecule has 0 aliphatic carbocycles. The molecule has 9 heteroatoms. The van der Waals surface area contributed by atoms with E-state index in [-0.39, 0.29) is 10.4 Å². The van der Waals surface area contributed by atoms with Crippen molar-refractivity contribution in [1.82, 2.24) is 9.71 Å². The Labute approximate surface area is 108 Å². The lowest BCUT2D eigenvalue weighted by atomic mass is 10.2. The van der Waals surface area contributed by atoms with Gasteiger partial charge in [-0.3, -0.25) is 9.71 Å². The van der Waals surface area contributed by atoms with Crippen LogP contribution in [0.5, 0.6) is 0 Å². The molecule has 19 heavy (non-hydrogen) atoms. The van der Waals surface area contributed by atoms with Crippen LogP contribution >= 0.6 is 0 Å². The zero-order valence-corrected chi connectivity index (χ0v) is 10.9. The van der Waals surface area contributed by atoms with Crippen molar-refractivity contribution < 1.29 is 22.2 Å². The van der Waals surface area contributed by atoms with Crippen molar-refractivity contribution in [2.24, 2.45) is 5.73 Å². The molecule has 2 amide bonds. The summed E-state index contributed by atoms with van der Waals surface area (Å²) in [5.41, 5.74) is 4.05. The van der Waals surface area contributed by atoms with Gasteiger partial charge in [-0.2, -0.15) is 13.2 Å². The zero-order chi connectivity index (χ0) is 14.8. The van der Waals surface area contributed by atoms with Crippen molar-refractivity contribution in [2.45, 2.75) is 13.1 Å². The van der Waals surface area contributed by atoms with Gasteiger partial charge >= 0.3 is 12.2 Å². The summed E-state index contributed by atoms with van der Waals surface area (Å²) in [6.45, 7) is 1.42. The Morgan fingerprint density at radius 3 is 2.37 bits per heavy atom. The second kappa shape index (κ2) is 5.08. The fourth-order valence-corrected chi connectivity index (χ4v) is 2.37. The Morgan fingerprint density at radius 2 is 2.00 bits per heavy atom. The standard InChI is InChI=1S/C10H12F3N3O2S/c1-6(19(2,18)16-9(14)17)7-3-4-8(15-5-7)10(11,12)13/h3-5H,1-2H3,(H3,14,16,17,18). The Kier molecular flexibility index (Phi) is 4.09. The number of aromatic nitrogens is 1. The number of carbonyl (C=O) groups is 1. The minimum Gasteiger partial charge on any atom is -0.351 e. The molecule has 0 aromatic carbocycles. The maximum atomic E-state index is 12.3. The van der Waals surface area contributed by atoms with Crippen molar-refractivity contribution in [1.29, 1.82) is 0 Å². The number of alkyl halides is 3. The number of nitrogens with zero attached hydrogens (tertiary/aromatic N) is 1. The molecule has 0 aliphatic heterocycles. The minimum absolute atomic E-state index is 0.188. The van der Waals surface area contributed by atoms with E-state index in [4.69, 9.17) is 5.73 Å². The molecule has 0 bridgehead atoms. The van der Waals surface area contributed by atoms with E-state index < -0.39 is 27.6 Å². The second-order valence-electron chi connectivity index (χ2n) is 3.80. The first-order valence-corrected chi connectivity index (χ1v) is 6.94. The van der Waals surface area contributed by atoms with E-state index in [1.807, 2.05) is 4.72 Å². The smallest absolute Gasteiger partial charge is 0.351 e. The number of hydrogen-bond acceptors (Lipinski definition) is 3. The molecule has 0 saturated carbocycles. The summed E-state index contributed by atoms with van der Waals surface area (Å²) < 4.78 is 51.1. The van der Waals surface area contributed by atoms with Gasteiger partial charge in [0.05, 0.1) is 9.71 Å². The zero-order valence-electron chi connectivity index (χ0n) is 10.1. The van der Waals surface area contributed by atoms with Gasteiger partial charge < -0.3 is 5.73 Å². The van der Waals surface area contributed by atoms with Crippen LogP contribution in [0.4, 0.5) is 18.0 Å². The summed E-state index contributed by atoms with van der Waals surface area (Å²) in [4.78, 5) is 14.1. The van der Waals surface area contributed by atoms with E-state index >= 15 is 0 Å². The molecule has 1 atom stereocenters. The molecule has 1 aromatic rings. The van der Waals surface area contributed by atoms with Gasteiger partial charge in [0.1, 0.15) is 5.69 Å². The first-order chi connectivity index (χ1) is 8.54. The maximum absolute atomic E-state index is 12.3. The number of halogens is 3. The molecule has 0 radical (unpaired) electrons. The number of pyridine rings is 1. The summed E-state index contributed by atoms with van der Waals surface area (Å²) in [7, 11) is -2.94. The van der Waals surface area contributed by atoms with Crippen molar-refractivity contribution in [3.8, 4) is 0 Å². The van der Waals surface area contributed by atoms with Crippen molar-refractivity contribution in [3.05, 3.63) is 29.6 Å². The van der Waals surface area contributed by atoms with Gasteiger partial charge in [-0.1, -0.05) is 6.07 Å². The van der Waals surface area contributed by atoms with E-state index in [1.54, 1.807) is 0 Å². The molecular weight excluding hydrogens is 283 g/mol. The Balaban J connectivity index is 3.22. The quantitative estimate of drug-likeness (QED) is 0.633. The molecule has 3 N–H and O–H groups in total. The van der Waals surface area contributed by atoms with Gasteiger partial charge in [0.2, 0.25) is 0 Å². The van der Waals surface area contributed by atoms with Gasteiger partial charge in [0, 0.05) is 22.9 Å². The fraction of sp³-hybridized carbons (Fsp3) is 0.300. The van der Waals surface area contributed by atoms with Gasteiger partial charge in [-0.05, 0) is 13.0 Å². The minimum atomic E-state index is -4.54. The number of nitrogens with two attached hydrogens (primary N) is 1. The molecule has 106 valence electrons. The molecule has 1 aromatic heterocycles. The fourth-order valence-electron chi connectivity index (χ4n) is 1.26. The highest BCUT2D eigenvalue weighted by molar-refractivity contribution is 8.00. The number of amides is 2. The number of urea groups is 1. The van der Waals surface area contributed by atoms with Crippen molar-refractivity contribution >= 4 is 20.6 Å². The van der Waals surface area contributed by atoms with Crippen LogP contribution in [0.15, 0.2) is 18.3 Å². The highest BCUT2D eigenvalue weighted by Crippen LogP contribution is 2.27. The van der Waals surface area contributed by atoms with Crippen LogP contribution in [0, 0.1) is 0 Å². The normalized spacial score (nSPS) is 14.6. The van der Waals surface area contributed by atoms with E-state index in [0.717, 1.165) is 18.3 Å². The largest absolute Gasteiger partial charge is 0.433 e. The Hall–Kier alpha value is -1.77. The lowest BCUT2D eigenvalue weighted by Gasteiger charge is -2.11. The van der Waals surface area contributed by atoms with Gasteiger partial charge in [0.15, 0.2) is 0 Å². The third-order valence-corrected chi connectivity index (χ3v) is 4.34. The Bertz CT molecular complexity index is 601. The molecule has 1 rings (SSSR count). The van der Waals surface area contributed by atoms with Crippen molar-refractivity contribution in [3.63, 3.8) is 0 Å². The average molecular weight is 295 g/mol. The number of rotatable bonds is 2. The molecule has 0 saturated heterocycles. The number of carbonyl (C=O) groups excluding carboxylic acids is 1. The third-order valence-electron chi connectivity index (χ3n) is 2.34. The molecule has 0 spiro atoms. The lowest BCUT2D eigenvalue weighted by Crippen LogP contribution is -2.37. The number of nitrogens with one attached hydrogen (secondary N) is 1. The van der Waals surface area contributed by atoms with Crippen LogP contribution in [-0.2, 0) is 15.9 Å². The topological polar surface area (TPSA) is 85.1 Å². The summed E-state index contributed by atoms with van der Waals surface area (Å²) in [5.74, 6) is 0. The van der Waals surface area contributed by atoms with Crippen LogP contribution in [-0.4, -0.2) is 26.3 Å². The van der Waals surface area contributed by atoms with E-state index in [2.05, 4.69) is 4.98 Å². The van der Waals surface area contributed by atoms with Crippen molar-refractivity contribution in [2.75, 3.05) is 6.26 Å². The van der Waals surface area contributed by atoms with Gasteiger partial charge in [-0.25, -0.2) is 9.00 Å². The first-order valence-electron chi connectivity index (χ1n) is 4.97. The van der Waals surface area contributed by atoms with Gasteiger partial charge in [0.25, 0.3) is 0 Å². The SMILES string of the molecule is CC(c1ccc(C(F)(F)F)nc1)=S(C)(=O)NC(N)=O. The summed E-state index contributed by atoms with van der Waals surface area (Å²) in [6.07, 6.45) is -2.36.